The minimum absolute atomic E-state index is 0.129. The predicted octanol–water partition coefficient (Wildman–Crippen LogP) is 5.12. The van der Waals surface area contributed by atoms with Crippen LogP contribution in [0.3, 0.4) is 0 Å². The highest BCUT2D eigenvalue weighted by Gasteiger charge is 2.16. The van der Waals surface area contributed by atoms with Gasteiger partial charge in [0.25, 0.3) is 5.69 Å². The van der Waals surface area contributed by atoms with Crippen LogP contribution in [-0.4, -0.2) is 9.60 Å². The predicted molar refractivity (Wildman–Crippen MR) is 96.7 cm³/mol. The molecule has 0 aliphatic heterocycles. The summed E-state index contributed by atoms with van der Waals surface area (Å²) in [5.74, 6) is 0. The highest BCUT2D eigenvalue weighted by atomic mass is 35.5. The standard InChI is InChI=1S/C17H10Cl2N4O2/c18-12-5-6-17(23(24)25)16(7-12)21-22-9-11(8-20)14(10-22)13-3-1-2-4-15(13)19/h1-7,9-10,21H. The molecule has 0 saturated heterocycles. The number of nitriles is 1. The molecule has 1 aromatic heterocycles. The van der Waals surface area contributed by atoms with Gasteiger partial charge in [-0.25, -0.2) is 0 Å². The zero-order chi connectivity index (χ0) is 18.0. The minimum atomic E-state index is -0.512. The van der Waals surface area contributed by atoms with Crippen molar-refractivity contribution < 1.29 is 4.92 Å². The summed E-state index contributed by atoms with van der Waals surface area (Å²) in [6.07, 6.45) is 3.17. The molecule has 0 atom stereocenters. The maximum absolute atomic E-state index is 11.2. The summed E-state index contributed by atoms with van der Waals surface area (Å²) in [5, 5.41) is 21.4. The zero-order valence-electron chi connectivity index (χ0n) is 12.6. The van der Waals surface area contributed by atoms with Crippen molar-refractivity contribution in [3.63, 3.8) is 0 Å². The minimum Gasteiger partial charge on any atom is -0.288 e. The van der Waals surface area contributed by atoms with Gasteiger partial charge in [0.2, 0.25) is 0 Å². The Morgan fingerprint density at radius 3 is 2.56 bits per heavy atom. The number of rotatable bonds is 4. The van der Waals surface area contributed by atoms with E-state index in [4.69, 9.17) is 23.2 Å². The van der Waals surface area contributed by atoms with Crippen LogP contribution < -0.4 is 5.43 Å². The van der Waals surface area contributed by atoms with Crippen LogP contribution in [0.4, 0.5) is 11.4 Å². The number of nitro groups is 1. The molecule has 0 unspecified atom stereocenters. The Balaban J connectivity index is 2.04. The van der Waals surface area contributed by atoms with Gasteiger partial charge >= 0.3 is 0 Å². The van der Waals surface area contributed by atoms with E-state index in [0.717, 1.165) is 0 Å². The monoisotopic (exact) mass is 372 g/mol. The lowest BCUT2D eigenvalue weighted by Crippen LogP contribution is -2.08. The molecular weight excluding hydrogens is 363 g/mol. The second kappa shape index (κ2) is 6.85. The summed E-state index contributed by atoms with van der Waals surface area (Å²) in [5.41, 5.74) is 4.65. The quantitative estimate of drug-likeness (QED) is 0.508. The van der Waals surface area contributed by atoms with Gasteiger partial charge in [-0.05, 0) is 18.2 Å². The van der Waals surface area contributed by atoms with Crippen LogP contribution in [0, 0.1) is 21.4 Å². The van der Waals surface area contributed by atoms with Crippen LogP contribution in [0.1, 0.15) is 5.56 Å². The Kier molecular flexibility index (Phi) is 4.61. The number of hydrogen-bond donors (Lipinski definition) is 1. The number of nitrogens with zero attached hydrogens (tertiary/aromatic N) is 3. The third-order valence-corrected chi connectivity index (χ3v) is 4.08. The first kappa shape index (κ1) is 16.8. The number of anilines is 1. The molecule has 0 saturated carbocycles. The molecule has 1 heterocycles. The lowest BCUT2D eigenvalue weighted by atomic mass is 10.1. The Morgan fingerprint density at radius 1 is 1.12 bits per heavy atom. The molecule has 1 N–H and O–H groups in total. The van der Waals surface area contributed by atoms with E-state index < -0.39 is 4.92 Å². The summed E-state index contributed by atoms with van der Waals surface area (Å²) < 4.78 is 1.47. The SMILES string of the molecule is N#Cc1cn(Nc2cc(Cl)ccc2[N+](=O)[O-])cc1-c1ccccc1Cl. The van der Waals surface area contributed by atoms with Gasteiger partial charge in [0.15, 0.2) is 0 Å². The molecule has 3 rings (SSSR count). The summed E-state index contributed by atoms with van der Waals surface area (Å²) in [6.45, 7) is 0. The molecule has 2 aromatic carbocycles. The number of benzene rings is 2. The smallest absolute Gasteiger partial charge is 0.288 e. The van der Waals surface area contributed by atoms with Crippen LogP contribution >= 0.6 is 23.2 Å². The highest BCUT2D eigenvalue weighted by Crippen LogP contribution is 2.32. The van der Waals surface area contributed by atoms with Crippen molar-refractivity contribution in [2.75, 3.05) is 5.43 Å². The van der Waals surface area contributed by atoms with Crippen LogP contribution in [0.15, 0.2) is 54.9 Å². The molecule has 0 amide bonds. The molecule has 0 spiro atoms. The molecule has 8 heteroatoms. The summed E-state index contributed by atoms with van der Waals surface area (Å²) >= 11 is 12.1. The average Bonchev–Trinajstić information content (AvgIpc) is 2.97. The van der Waals surface area contributed by atoms with E-state index in [9.17, 15) is 15.4 Å². The first-order valence-electron chi connectivity index (χ1n) is 7.07. The Bertz CT molecular complexity index is 1010. The van der Waals surface area contributed by atoms with Crippen molar-refractivity contribution in [2.45, 2.75) is 0 Å². The van der Waals surface area contributed by atoms with Gasteiger partial charge in [0, 0.05) is 39.6 Å². The van der Waals surface area contributed by atoms with Gasteiger partial charge in [0.05, 0.1) is 10.5 Å². The Labute approximate surface area is 153 Å². The van der Waals surface area contributed by atoms with E-state index >= 15 is 0 Å². The average molecular weight is 373 g/mol. The fourth-order valence-electron chi connectivity index (χ4n) is 2.40. The molecule has 3 aromatic rings. The van der Waals surface area contributed by atoms with Gasteiger partial charge < -0.3 is 0 Å². The molecule has 124 valence electrons. The Hall–Kier alpha value is -3.01. The first-order valence-corrected chi connectivity index (χ1v) is 7.83. The van der Waals surface area contributed by atoms with E-state index in [1.807, 2.05) is 6.07 Å². The molecule has 0 bridgehead atoms. The first-order chi connectivity index (χ1) is 12.0. The molecule has 25 heavy (non-hydrogen) atoms. The molecule has 0 fully saturated rings. The second-order valence-corrected chi connectivity index (χ2v) is 5.96. The number of nitrogens with one attached hydrogen (secondary N) is 1. The lowest BCUT2D eigenvalue weighted by Gasteiger charge is -2.08. The van der Waals surface area contributed by atoms with Crippen molar-refractivity contribution in [1.29, 1.82) is 5.26 Å². The summed E-state index contributed by atoms with van der Waals surface area (Å²) in [4.78, 5) is 10.6. The lowest BCUT2D eigenvalue weighted by molar-refractivity contribution is -0.384. The van der Waals surface area contributed by atoms with E-state index in [1.54, 1.807) is 24.4 Å². The van der Waals surface area contributed by atoms with Crippen LogP contribution in [0.2, 0.25) is 10.0 Å². The molecule has 0 radical (unpaired) electrons. The van der Waals surface area contributed by atoms with E-state index in [2.05, 4.69) is 11.5 Å². The van der Waals surface area contributed by atoms with E-state index in [1.165, 1.54) is 29.1 Å². The van der Waals surface area contributed by atoms with Gasteiger partial charge in [-0.2, -0.15) is 5.26 Å². The van der Waals surface area contributed by atoms with Crippen molar-refractivity contribution in [2.24, 2.45) is 0 Å². The van der Waals surface area contributed by atoms with Gasteiger partial charge in [-0.1, -0.05) is 41.4 Å². The third-order valence-electron chi connectivity index (χ3n) is 3.52. The van der Waals surface area contributed by atoms with Crippen molar-refractivity contribution in [3.05, 3.63) is 80.6 Å². The topological polar surface area (TPSA) is 83.9 Å². The van der Waals surface area contributed by atoms with Crippen LogP contribution in [0.25, 0.3) is 11.1 Å². The maximum atomic E-state index is 11.2. The zero-order valence-corrected chi connectivity index (χ0v) is 14.1. The van der Waals surface area contributed by atoms with Crippen LogP contribution in [0.5, 0.6) is 0 Å². The number of halogens is 2. The largest absolute Gasteiger partial charge is 0.294 e. The summed E-state index contributed by atoms with van der Waals surface area (Å²) in [6, 6.07) is 13.4. The van der Waals surface area contributed by atoms with Crippen LogP contribution in [-0.2, 0) is 0 Å². The normalized spacial score (nSPS) is 10.3. The van der Waals surface area contributed by atoms with Crippen molar-refractivity contribution in [3.8, 4) is 17.2 Å². The number of hydrogen-bond acceptors (Lipinski definition) is 4. The molecule has 0 aliphatic rings. The fraction of sp³-hybridized carbons (Fsp3) is 0. The Morgan fingerprint density at radius 2 is 1.88 bits per heavy atom. The van der Waals surface area contributed by atoms with Gasteiger partial charge in [-0.15, -0.1) is 0 Å². The van der Waals surface area contributed by atoms with Crippen molar-refractivity contribution >= 4 is 34.6 Å². The molecule has 0 aliphatic carbocycles. The van der Waals surface area contributed by atoms with Gasteiger partial charge in [-0.3, -0.25) is 20.2 Å². The molecule has 6 nitrogen and oxygen atoms in total. The molecular formula is C17H10Cl2N4O2. The third kappa shape index (κ3) is 3.43. The maximum Gasteiger partial charge on any atom is 0.294 e. The van der Waals surface area contributed by atoms with E-state index in [-0.39, 0.29) is 11.4 Å². The highest BCUT2D eigenvalue weighted by molar-refractivity contribution is 6.33. The summed E-state index contributed by atoms with van der Waals surface area (Å²) in [7, 11) is 0. The number of nitro benzene ring substituents is 1. The number of aromatic nitrogens is 1. The van der Waals surface area contributed by atoms with Crippen molar-refractivity contribution in [1.82, 2.24) is 4.68 Å². The fourth-order valence-corrected chi connectivity index (χ4v) is 2.81. The van der Waals surface area contributed by atoms with E-state index in [0.29, 0.717) is 26.7 Å². The van der Waals surface area contributed by atoms with Gasteiger partial charge in [0.1, 0.15) is 11.8 Å². The second-order valence-electron chi connectivity index (χ2n) is 5.11.